The second-order valence-corrected chi connectivity index (χ2v) is 10.5. The first-order valence-corrected chi connectivity index (χ1v) is 12.9. The molecule has 10 nitrogen and oxygen atoms in total. The first-order chi connectivity index (χ1) is 17.1. The van der Waals surface area contributed by atoms with Crippen molar-refractivity contribution in [2.75, 3.05) is 12.4 Å². The van der Waals surface area contributed by atoms with Crippen molar-refractivity contribution in [2.24, 2.45) is 0 Å². The summed E-state index contributed by atoms with van der Waals surface area (Å²) in [6.45, 7) is 0.445. The second-order valence-electron chi connectivity index (χ2n) is 8.15. The summed E-state index contributed by atoms with van der Waals surface area (Å²) in [5.41, 5.74) is 1.31. The first-order valence-electron chi connectivity index (χ1n) is 10.7. The van der Waals surface area contributed by atoms with Gasteiger partial charge in [-0.3, -0.25) is 8.98 Å². The minimum Gasteiger partial charge on any atom is -0.387 e. The van der Waals surface area contributed by atoms with Crippen molar-refractivity contribution >= 4 is 45.1 Å². The molecule has 14 heteroatoms. The number of nitrogens with zero attached hydrogens (tertiary/aromatic N) is 3. The zero-order valence-corrected chi connectivity index (χ0v) is 21.1. The number of aliphatic hydroxyl groups excluding tert-OH is 1. The molecule has 1 aromatic carbocycles. The number of alkyl halides is 1. The predicted molar refractivity (Wildman–Crippen MR) is 131 cm³/mol. The summed E-state index contributed by atoms with van der Waals surface area (Å²) in [6.07, 6.45) is 0.799. The number of aliphatic hydroxyl groups is 1. The van der Waals surface area contributed by atoms with Gasteiger partial charge in [-0.2, -0.15) is 13.1 Å². The fourth-order valence-corrected chi connectivity index (χ4v) is 4.81. The summed E-state index contributed by atoms with van der Waals surface area (Å²) in [6, 6.07) is 5.82. The van der Waals surface area contributed by atoms with Gasteiger partial charge in [0.25, 0.3) is 0 Å². The molecule has 1 fully saturated rings. The second kappa shape index (κ2) is 10.8. The van der Waals surface area contributed by atoms with Crippen molar-refractivity contribution < 1.29 is 26.9 Å². The van der Waals surface area contributed by atoms with Gasteiger partial charge in [-0.1, -0.05) is 29.3 Å². The Balaban J connectivity index is 1.49. The van der Waals surface area contributed by atoms with E-state index in [-0.39, 0.29) is 17.8 Å². The molecule has 4 rings (SSSR count). The Hall–Kier alpha value is -2.61. The maximum atomic E-state index is 14.8. The number of anilines is 1. The van der Waals surface area contributed by atoms with Crippen LogP contribution in [0.15, 0.2) is 49.2 Å². The van der Waals surface area contributed by atoms with E-state index in [1.54, 1.807) is 35.2 Å². The molecule has 3 N–H and O–H groups in total. The number of aromatic nitrogens is 3. The molecule has 0 unspecified atom stereocenters. The van der Waals surface area contributed by atoms with Crippen molar-refractivity contribution in [1.29, 1.82) is 0 Å². The lowest BCUT2D eigenvalue weighted by molar-refractivity contribution is 0.0248. The molecule has 2 aromatic heterocycles. The summed E-state index contributed by atoms with van der Waals surface area (Å²) < 4.78 is 46.6. The van der Waals surface area contributed by atoms with Crippen LogP contribution in [0.3, 0.4) is 0 Å². The summed E-state index contributed by atoms with van der Waals surface area (Å²) >= 11 is 12.0. The monoisotopic (exact) mass is 557 g/mol. The third kappa shape index (κ3) is 5.85. The highest BCUT2D eigenvalue weighted by atomic mass is 35.5. The van der Waals surface area contributed by atoms with Gasteiger partial charge >= 0.3 is 10.3 Å². The van der Waals surface area contributed by atoms with Crippen molar-refractivity contribution in [2.45, 2.75) is 37.4 Å². The Morgan fingerprint density at radius 2 is 2.08 bits per heavy atom. The number of hydrogen-bond acceptors (Lipinski definition) is 8. The standard InChI is InChI=1S/C22H22Cl2FN5O5S/c1-26-36(33,34)35-18-7-17(19(25)21(18)32)29-22-14(8-27-11-28-22)20(31)13-4-5-30(10-13)9-12-2-3-15(23)16(24)6-12/h2-6,8,10-11,17-19,21,26,32H,7,9H2,1H3,(H,27,28,29)/t17-,18-,19-,21-/m1/s1. The fourth-order valence-electron chi connectivity index (χ4n) is 3.87. The van der Waals surface area contributed by atoms with E-state index < -0.39 is 40.5 Å². The number of benzene rings is 1. The zero-order valence-electron chi connectivity index (χ0n) is 18.8. The highest BCUT2D eigenvalue weighted by Gasteiger charge is 2.46. The molecule has 192 valence electrons. The van der Waals surface area contributed by atoms with E-state index in [2.05, 4.69) is 15.3 Å². The number of carbonyl (C=O) groups is 1. The average molecular weight is 558 g/mol. The summed E-state index contributed by atoms with van der Waals surface area (Å²) in [5, 5.41) is 13.8. The number of carbonyl (C=O) groups excluding carboxylic acids is 1. The molecule has 0 radical (unpaired) electrons. The first kappa shape index (κ1) is 26.5. The lowest BCUT2D eigenvalue weighted by atomic mass is 10.1. The molecule has 0 saturated heterocycles. The van der Waals surface area contributed by atoms with Gasteiger partial charge in [0.05, 0.1) is 21.7 Å². The maximum Gasteiger partial charge on any atom is 0.335 e. The maximum absolute atomic E-state index is 14.8. The number of halogens is 3. The van der Waals surface area contributed by atoms with Gasteiger partial charge in [-0.05, 0) is 23.8 Å². The molecule has 0 bridgehead atoms. The fraction of sp³-hybridized carbons (Fsp3) is 0.318. The van der Waals surface area contributed by atoms with Crippen molar-refractivity contribution in [3.8, 4) is 0 Å². The summed E-state index contributed by atoms with van der Waals surface area (Å²) in [5.74, 6) is -0.366. The van der Waals surface area contributed by atoms with Crippen LogP contribution >= 0.6 is 23.2 Å². The van der Waals surface area contributed by atoms with E-state index in [0.29, 0.717) is 22.2 Å². The Morgan fingerprint density at radius 1 is 1.31 bits per heavy atom. The molecule has 3 aromatic rings. The smallest absolute Gasteiger partial charge is 0.335 e. The number of hydrogen-bond donors (Lipinski definition) is 3. The Labute approximate surface area is 216 Å². The minimum atomic E-state index is -4.14. The van der Waals surface area contributed by atoms with Gasteiger partial charge in [-0.15, -0.1) is 0 Å². The largest absolute Gasteiger partial charge is 0.387 e. The van der Waals surface area contributed by atoms with Gasteiger partial charge in [-0.25, -0.2) is 14.4 Å². The minimum absolute atomic E-state index is 0.0456. The van der Waals surface area contributed by atoms with Crippen LogP contribution in [0.5, 0.6) is 0 Å². The van der Waals surface area contributed by atoms with Crippen molar-refractivity contribution in [3.63, 3.8) is 0 Å². The van der Waals surface area contributed by atoms with Crippen LogP contribution in [-0.2, 0) is 21.0 Å². The number of rotatable bonds is 9. The predicted octanol–water partition coefficient (Wildman–Crippen LogP) is 2.60. The molecule has 4 atom stereocenters. The van der Waals surface area contributed by atoms with Crippen LogP contribution in [0.1, 0.15) is 27.9 Å². The molecular weight excluding hydrogens is 536 g/mol. The van der Waals surface area contributed by atoms with Crippen LogP contribution in [0.25, 0.3) is 0 Å². The summed E-state index contributed by atoms with van der Waals surface area (Å²) in [4.78, 5) is 21.2. The summed E-state index contributed by atoms with van der Waals surface area (Å²) in [7, 11) is -3.00. The molecule has 1 aliphatic rings. The van der Waals surface area contributed by atoms with Gasteiger partial charge in [0.1, 0.15) is 30.5 Å². The van der Waals surface area contributed by atoms with E-state index in [1.807, 2.05) is 10.8 Å². The normalized spacial score (nSPS) is 22.0. The molecule has 1 aliphatic carbocycles. The lowest BCUT2D eigenvalue weighted by Gasteiger charge is -2.17. The lowest BCUT2D eigenvalue weighted by Crippen LogP contribution is -2.35. The molecule has 0 spiro atoms. The van der Waals surface area contributed by atoms with Crippen LogP contribution < -0.4 is 10.0 Å². The van der Waals surface area contributed by atoms with Crippen molar-refractivity contribution in [1.82, 2.24) is 19.3 Å². The molecule has 0 amide bonds. The number of ketones is 1. The van der Waals surface area contributed by atoms with Gasteiger partial charge < -0.3 is 15.0 Å². The molecule has 0 aliphatic heterocycles. The topological polar surface area (TPSA) is 135 Å². The van der Waals surface area contributed by atoms with Crippen LogP contribution in [0, 0.1) is 0 Å². The van der Waals surface area contributed by atoms with Crippen LogP contribution in [0.2, 0.25) is 10.0 Å². The Kier molecular flexibility index (Phi) is 7.93. The van der Waals surface area contributed by atoms with Crippen LogP contribution in [-0.4, -0.2) is 65.3 Å². The van der Waals surface area contributed by atoms with Crippen molar-refractivity contribution in [3.05, 3.63) is 75.9 Å². The van der Waals surface area contributed by atoms with E-state index >= 15 is 0 Å². The van der Waals surface area contributed by atoms with E-state index in [0.717, 1.165) is 12.6 Å². The average Bonchev–Trinajstić information content (AvgIpc) is 3.41. The van der Waals surface area contributed by atoms with Gasteiger partial charge in [0.15, 0.2) is 5.78 Å². The molecule has 36 heavy (non-hydrogen) atoms. The molecule has 1 saturated carbocycles. The SMILES string of the molecule is CNS(=O)(=O)O[C@@H]1C[C@@H](Nc2ncncc2C(=O)c2ccn(Cc3ccc(Cl)c(Cl)c3)c2)[C@@H](F)[C@@H]1O. The van der Waals surface area contributed by atoms with Crippen LogP contribution in [0.4, 0.5) is 10.2 Å². The molecular formula is C22H22Cl2FN5O5S. The van der Waals surface area contributed by atoms with E-state index in [9.17, 15) is 22.7 Å². The van der Waals surface area contributed by atoms with Gasteiger partial charge in [0.2, 0.25) is 0 Å². The Bertz CT molecular complexity index is 1370. The number of nitrogens with one attached hydrogen (secondary N) is 2. The third-order valence-corrected chi connectivity index (χ3v) is 7.46. The van der Waals surface area contributed by atoms with Gasteiger partial charge in [0, 0.05) is 44.2 Å². The quantitative estimate of drug-likeness (QED) is 0.341. The molecule has 2 heterocycles. The highest BCUT2D eigenvalue weighted by molar-refractivity contribution is 7.84. The zero-order chi connectivity index (χ0) is 26.0. The van der Waals surface area contributed by atoms with E-state index in [4.69, 9.17) is 27.4 Å². The Morgan fingerprint density at radius 3 is 2.81 bits per heavy atom. The van der Waals surface area contributed by atoms with E-state index in [1.165, 1.54) is 12.5 Å². The third-order valence-electron chi connectivity index (χ3n) is 5.72. The highest BCUT2D eigenvalue weighted by Crippen LogP contribution is 2.30.